The molecule has 0 aliphatic rings. The summed E-state index contributed by atoms with van der Waals surface area (Å²) < 4.78 is 37.4. The van der Waals surface area contributed by atoms with Gasteiger partial charge in [-0.05, 0) is 12.1 Å². The van der Waals surface area contributed by atoms with Crippen LogP contribution in [0.5, 0.6) is 0 Å². The first-order chi connectivity index (χ1) is 9.50. The zero-order chi connectivity index (χ0) is 14.6. The van der Waals surface area contributed by atoms with Crippen molar-refractivity contribution in [1.29, 1.82) is 0 Å². The van der Waals surface area contributed by atoms with Gasteiger partial charge in [0, 0.05) is 12.0 Å². The second kappa shape index (κ2) is 5.78. The highest BCUT2D eigenvalue weighted by Gasteiger charge is 2.30. The van der Waals surface area contributed by atoms with Crippen molar-refractivity contribution in [2.45, 2.75) is 26.1 Å². The molecule has 0 atom stereocenters. The van der Waals surface area contributed by atoms with E-state index in [-0.39, 0.29) is 0 Å². The quantitative estimate of drug-likeness (QED) is 0.789. The molecule has 1 aromatic carbocycles. The van der Waals surface area contributed by atoms with Crippen LogP contribution in [0.4, 0.5) is 13.2 Å². The molecule has 0 spiro atoms. The Balaban J connectivity index is 2.16. The second-order valence-electron chi connectivity index (χ2n) is 4.04. The molecular weight excluding hydrogens is 267 g/mol. The fraction of sp³-hybridized carbons (Fsp3) is 0.286. The normalized spacial score (nSPS) is 11.0. The Kier molecular flexibility index (Phi) is 4.08. The Hall–Kier alpha value is -2.29. The van der Waals surface area contributed by atoms with Gasteiger partial charge in [-0.25, -0.2) is 0 Å². The van der Waals surface area contributed by atoms with Gasteiger partial charge in [-0.15, -0.1) is 5.92 Å². The zero-order valence-electron chi connectivity index (χ0n) is 10.8. The number of halogens is 3. The van der Waals surface area contributed by atoms with Crippen LogP contribution in [-0.4, -0.2) is 15.0 Å². The van der Waals surface area contributed by atoms with E-state index in [9.17, 15) is 13.2 Å². The highest BCUT2D eigenvalue weighted by molar-refractivity contribution is 5.58. The molecule has 3 nitrogen and oxygen atoms in total. The maximum atomic E-state index is 12.5. The van der Waals surface area contributed by atoms with E-state index >= 15 is 0 Å². The number of rotatable bonds is 2. The topological polar surface area (TPSA) is 30.7 Å². The van der Waals surface area contributed by atoms with Crippen LogP contribution in [0.3, 0.4) is 0 Å². The molecule has 0 saturated heterocycles. The lowest BCUT2D eigenvalue weighted by atomic mass is 10.1. The molecule has 2 rings (SSSR count). The van der Waals surface area contributed by atoms with Gasteiger partial charge in [0.25, 0.3) is 0 Å². The average molecular weight is 279 g/mol. The van der Waals surface area contributed by atoms with Crippen molar-refractivity contribution in [1.82, 2.24) is 15.0 Å². The fourth-order valence-electron chi connectivity index (χ4n) is 1.59. The van der Waals surface area contributed by atoms with E-state index in [2.05, 4.69) is 22.0 Å². The van der Waals surface area contributed by atoms with Gasteiger partial charge in [0.15, 0.2) is 0 Å². The van der Waals surface area contributed by atoms with Gasteiger partial charge in [-0.3, -0.25) is 0 Å². The molecule has 1 heterocycles. The van der Waals surface area contributed by atoms with E-state index in [0.29, 0.717) is 17.8 Å². The third-order valence-electron chi connectivity index (χ3n) is 2.57. The minimum atomic E-state index is -4.33. The Labute approximate surface area is 114 Å². The Bertz CT molecular complexity index is 630. The Morgan fingerprint density at radius 2 is 1.85 bits per heavy atom. The summed E-state index contributed by atoms with van der Waals surface area (Å²) >= 11 is 0. The van der Waals surface area contributed by atoms with Crippen LogP contribution < -0.4 is 0 Å². The molecule has 0 aliphatic heterocycles. The van der Waals surface area contributed by atoms with Crippen molar-refractivity contribution in [2.24, 2.45) is 0 Å². The molecule has 0 amide bonds. The van der Waals surface area contributed by atoms with Gasteiger partial charge in [-0.2, -0.15) is 28.2 Å². The molecule has 6 heteroatoms. The van der Waals surface area contributed by atoms with Crippen LogP contribution in [-0.2, 0) is 12.7 Å². The van der Waals surface area contributed by atoms with Crippen molar-refractivity contribution in [2.75, 3.05) is 0 Å². The van der Waals surface area contributed by atoms with E-state index in [0.717, 1.165) is 18.6 Å². The maximum Gasteiger partial charge on any atom is 0.416 e. The predicted octanol–water partition coefficient (Wildman–Crippen LogP) is 3.38. The van der Waals surface area contributed by atoms with Crippen LogP contribution in [0.15, 0.2) is 30.5 Å². The van der Waals surface area contributed by atoms with E-state index < -0.39 is 11.7 Å². The summed E-state index contributed by atoms with van der Waals surface area (Å²) in [4.78, 5) is 1.41. The largest absolute Gasteiger partial charge is 0.416 e. The molecule has 0 fully saturated rings. The van der Waals surface area contributed by atoms with Crippen LogP contribution >= 0.6 is 0 Å². The minimum Gasteiger partial charge on any atom is -0.172 e. The molecule has 0 N–H and O–H groups in total. The van der Waals surface area contributed by atoms with Gasteiger partial charge in [0.2, 0.25) is 0 Å². The van der Waals surface area contributed by atoms with Crippen molar-refractivity contribution in [3.05, 3.63) is 36.0 Å². The third-order valence-corrected chi connectivity index (χ3v) is 2.57. The lowest BCUT2D eigenvalue weighted by Gasteiger charge is -2.06. The van der Waals surface area contributed by atoms with E-state index in [1.54, 1.807) is 0 Å². The van der Waals surface area contributed by atoms with Crippen LogP contribution in [0.2, 0.25) is 0 Å². The summed E-state index contributed by atoms with van der Waals surface area (Å²) in [6, 6.07) is 4.83. The lowest BCUT2D eigenvalue weighted by Crippen LogP contribution is -2.04. The summed E-state index contributed by atoms with van der Waals surface area (Å²) in [6.07, 6.45) is -2.06. The summed E-state index contributed by atoms with van der Waals surface area (Å²) in [5.41, 5.74) is 0.437. The first-order valence-corrected chi connectivity index (χ1v) is 6.04. The number of aromatic nitrogens is 3. The summed E-state index contributed by atoms with van der Waals surface area (Å²) in [5, 5.41) is 8.18. The lowest BCUT2D eigenvalue weighted by molar-refractivity contribution is -0.137. The Morgan fingerprint density at radius 1 is 1.15 bits per heavy atom. The smallest absolute Gasteiger partial charge is 0.172 e. The predicted molar refractivity (Wildman–Crippen MR) is 68.5 cm³/mol. The number of hydrogen-bond acceptors (Lipinski definition) is 2. The van der Waals surface area contributed by atoms with E-state index in [1.165, 1.54) is 23.1 Å². The maximum absolute atomic E-state index is 12.5. The Morgan fingerprint density at radius 3 is 2.45 bits per heavy atom. The molecule has 0 unspecified atom stereocenters. The SMILES string of the molecule is CCC#CCn1ncc(-c2ccc(C(F)(F)F)cc2)n1. The van der Waals surface area contributed by atoms with Crippen LogP contribution in [0, 0.1) is 11.8 Å². The van der Waals surface area contributed by atoms with Crippen molar-refractivity contribution >= 4 is 0 Å². The third kappa shape index (κ3) is 3.38. The minimum absolute atomic E-state index is 0.370. The number of alkyl halides is 3. The first-order valence-electron chi connectivity index (χ1n) is 6.04. The van der Waals surface area contributed by atoms with Crippen LogP contribution in [0.25, 0.3) is 11.3 Å². The van der Waals surface area contributed by atoms with Crippen molar-refractivity contribution < 1.29 is 13.2 Å². The van der Waals surface area contributed by atoms with Crippen LogP contribution in [0.1, 0.15) is 18.9 Å². The van der Waals surface area contributed by atoms with Gasteiger partial charge in [0.05, 0.1) is 11.8 Å². The monoisotopic (exact) mass is 279 g/mol. The molecule has 0 aliphatic carbocycles. The summed E-state index contributed by atoms with van der Waals surface area (Å²) in [5.74, 6) is 5.78. The van der Waals surface area contributed by atoms with Crippen molar-refractivity contribution in [3.63, 3.8) is 0 Å². The molecule has 20 heavy (non-hydrogen) atoms. The highest BCUT2D eigenvalue weighted by atomic mass is 19.4. The standard InChI is InChI=1S/C14H12F3N3/c1-2-3-4-9-20-18-10-13(19-20)11-5-7-12(8-6-11)14(15,16)17/h5-8,10H,2,9H2,1H3. The van der Waals surface area contributed by atoms with Crippen molar-refractivity contribution in [3.8, 4) is 23.1 Å². The second-order valence-corrected chi connectivity index (χ2v) is 4.04. The van der Waals surface area contributed by atoms with Gasteiger partial charge >= 0.3 is 6.18 Å². The molecule has 0 radical (unpaired) electrons. The summed E-state index contributed by atoms with van der Waals surface area (Å²) in [6.45, 7) is 2.31. The van der Waals surface area contributed by atoms with E-state index in [4.69, 9.17) is 0 Å². The number of benzene rings is 1. The number of nitrogens with zero attached hydrogens (tertiary/aromatic N) is 3. The number of hydrogen-bond donors (Lipinski definition) is 0. The molecule has 0 saturated carbocycles. The van der Waals surface area contributed by atoms with E-state index in [1.807, 2.05) is 6.92 Å². The van der Waals surface area contributed by atoms with Gasteiger partial charge in [0.1, 0.15) is 12.2 Å². The zero-order valence-corrected chi connectivity index (χ0v) is 10.8. The highest BCUT2D eigenvalue weighted by Crippen LogP contribution is 2.30. The van der Waals surface area contributed by atoms with Gasteiger partial charge in [-0.1, -0.05) is 25.0 Å². The fourth-order valence-corrected chi connectivity index (χ4v) is 1.59. The summed E-state index contributed by atoms with van der Waals surface area (Å²) in [7, 11) is 0. The molecule has 0 bridgehead atoms. The van der Waals surface area contributed by atoms with Gasteiger partial charge < -0.3 is 0 Å². The average Bonchev–Trinajstić information content (AvgIpc) is 2.87. The molecule has 1 aromatic heterocycles. The molecule has 2 aromatic rings. The first kappa shape index (κ1) is 14.1. The molecular formula is C14H12F3N3. The molecule has 104 valence electrons.